The van der Waals surface area contributed by atoms with Crippen LogP contribution in [0.4, 0.5) is 4.39 Å². The zero-order valence-electron chi connectivity index (χ0n) is 17.0. The largest absolute Gasteiger partial charge is 0.352 e. The van der Waals surface area contributed by atoms with Gasteiger partial charge in [-0.25, -0.2) is 4.39 Å². The zero-order valence-corrected chi connectivity index (χ0v) is 17.0. The molecule has 2 aromatic carbocycles. The molecule has 0 heterocycles. The second kappa shape index (κ2) is 10.0. The fraction of sp³-hybridized carbons (Fsp3) is 0.391. The molecule has 1 N–H and O–H groups in total. The van der Waals surface area contributed by atoms with E-state index >= 15 is 0 Å². The van der Waals surface area contributed by atoms with Gasteiger partial charge in [-0.05, 0) is 44.4 Å². The van der Waals surface area contributed by atoms with Crippen LogP contribution in [0.1, 0.15) is 43.9 Å². The van der Waals surface area contributed by atoms with Crippen LogP contribution in [0, 0.1) is 12.7 Å². The van der Waals surface area contributed by atoms with Crippen molar-refractivity contribution in [3.8, 4) is 0 Å². The Hall–Kier alpha value is -2.69. The van der Waals surface area contributed by atoms with Crippen molar-refractivity contribution in [1.82, 2.24) is 10.2 Å². The molecule has 0 radical (unpaired) electrons. The Morgan fingerprint density at radius 1 is 1.07 bits per heavy atom. The molecule has 0 fully saturated rings. The molecule has 2 amide bonds. The van der Waals surface area contributed by atoms with Gasteiger partial charge in [-0.3, -0.25) is 9.59 Å². The molecule has 28 heavy (non-hydrogen) atoms. The molecule has 0 bridgehead atoms. The number of rotatable bonds is 8. The molecule has 0 aliphatic carbocycles. The summed E-state index contributed by atoms with van der Waals surface area (Å²) >= 11 is 0. The highest BCUT2D eigenvalue weighted by molar-refractivity contribution is 5.88. The molecule has 150 valence electrons. The number of hydrogen-bond donors (Lipinski definition) is 1. The monoisotopic (exact) mass is 384 g/mol. The summed E-state index contributed by atoms with van der Waals surface area (Å²) in [7, 11) is 0. The minimum absolute atomic E-state index is 0.0258. The number of hydrogen-bond acceptors (Lipinski definition) is 2. The lowest BCUT2D eigenvalue weighted by Gasteiger charge is -2.30. The number of carbonyl (C=O) groups excluding carboxylic acids is 2. The highest BCUT2D eigenvalue weighted by Gasteiger charge is 2.27. The van der Waals surface area contributed by atoms with Crippen molar-refractivity contribution in [2.75, 3.05) is 0 Å². The van der Waals surface area contributed by atoms with E-state index in [0.29, 0.717) is 12.1 Å². The number of amides is 2. The average molecular weight is 384 g/mol. The predicted octanol–water partition coefficient (Wildman–Crippen LogP) is 4.01. The Kier molecular flexibility index (Phi) is 7.73. The van der Waals surface area contributed by atoms with Crippen molar-refractivity contribution in [1.29, 1.82) is 0 Å². The van der Waals surface area contributed by atoms with E-state index in [1.165, 1.54) is 11.0 Å². The fourth-order valence-electron chi connectivity index (χ4n) is 2.84. The van der Waals surface area contributed by atoms with Crippen LogP contribution in [0.5, 0.6) is 0 Å². The molecule has 0 aromatic heterocycles. The number of carbonyl (C=O) groups is 2. The van der Waals surface area contributed by atoms with E-state index in [9.17, 15) is 14.0 Å². The molecule has 2 atom stereocenters. The molecule has 2 unspecified atom stereocenters. The van der Waals surface area contributed by atoms with Gasteiger partial charge in [0, 0.05) is 12.6 Å². The highest BCUT2D eigenvalue weighted by Crippen LogP contribution is 2.15. The van der Waals surface area contributed by atoms with Crippen LogP contribution in [0.2, 0.25) is 0 Å². The molecular formula is C23H29FN2O2. The lowest BCUT2D eigenvalue weighted by molar-refractivity contribution is -0.140. The van der Waals surface area contributed by atoms with Gasteiger partial charge in [0.25, 0.3) is 0 Å². The second-order valence-corrected chi connectivity index (χ2v) is 7.27. The fourth-order valence-corrected chi connectivity index (χ4v) is 2.84. The summed E-state index contributed by atoms with van der Waals surface area (Å²) in [6, 6.07) is 13.4. The van der Waals surface area contributed by atoms with Crippen molar-refractivity contribution in [3.63, 3.8) is 0 Å². The van der Waals surface area contributed by atoms with E-state index in [4.69, 9.17) is 0 Å². The van der Waals surface area contributed by atoms with Crippen LogP contribution in [0.15, 0.2) is 48.5 Å². The molecule has 0 saturated carbocycles. The Balaban J connectivity index is 2.23. The summed E-state index contributed by atoms with van der Waals surface area (Å²) in [4.78, 5) is 27.2. The highest BCUT2D eigenvalue weighted by atomic mass is 19.1. The first-order valence-electron chi connectivity index (χ1n) is 9.70. The van der Waals surface area contributed by atoms with Gasteiger partial charge in [0.15, 0.2) is 0 Å². The van der Waals surface area contributed by atoms with Gasteiger partial charge >= 0.3 is 0 Å². The molecule has 0 aliphatic heterocycles. The maximum atomic E-state index is 14.0. The summed E-state index contributed by atoms with van der Waals surface area (Å²) in [6.07, 6.45) is 0.721. The van der Waals surface area contributed by atoms with Gasteiger partial charge in [0.1, 0.15) is 11.9 Å². The summed E-state index contributed by atoms with van der Waals surface area (Å²) in [5.74, 6) is -0.899. The number of benzene rings is 2. The van der Waals surface area contributed by atoms with E-state index in [2.05, 4.69) is 5.32 Å². The van der Waals surface area contributed by atoms with Crippen molar-refractivity contribution in [2.45, 2.75) is 59.2 Å². The quantitative estimate of drug-likeness (QED) is 0.748. The van der Waals surface area contributed by atoms with Crippen LogP contribution < -0.4 is 5.32 Å². The maximum absolute atomic E-state index is 14.0. The van der Waals surface area contributed by atoms with E-state index in [-0.39, 0.29) is 24.3 Å². The van der Waals surface area contributed by atoms with Crippen molar-refractivity contribution in [2.24, 2.45) is 0 Å². The van der Waals surface area contributed by atoms with Gasteiger partial charge in [-0.15, -0.1) is 0 Å². The van der Waals surface area contributed by atoms with E-state index < -0.39 is 11.9 Å². The van der Waals surface area contributed by atoms with Gasteiger partial charge in [0.05, 0.1) is 6.42 Å². The minimum Gasteiger partial charge on any atom is -0.352 e. The first-order chi connectivity index (χ1) is 13.3. The normalized spacial score (nSPS) is 12.9. The summed E-state index contributed by atoms with van der Waals surface area (Å²) in [5.41, 5.74) is 2.38. The smallest absolute Gasteiger partial charge is 0.242 e. The molecule has 0 spiro atoms. The maximum Gasteiger partial charge on any atom is 0.242 e. The van der Waals surface area contributed by atoms with Crippen molar-refractivity contribution in [3.05, 3.63) is 71.0 Å². The van der Waals surface area contributed by atoms with Crippen LogP contribution in [-0.2, 0) is 22.6 Å². The topological polar surface area (TPSA) is 49.4 Å². The molecule has 0 aliphatic rings. The van der Waals surface area contributed by atoms with Crippen molar-refractivity contribution < 1.29 is 14.0 Å². The third kappa shape index (κ3) is 5.91. The summed E-state index contributed by atoms with van der Waals surface area (Å²) < 4.78 is 14.0. The van der Waals surface area contributed by atoms with E-state index in [1.807, 2.05) is 45.0 Å². The lowest BCUT2D eigenvalue weighted by atomic mass is 10.1. The first-order valence-corrected chi connectivity index (χ1v) is 9.70. The summed E-state index contributed by atoms with van der Waals surface area (Å²) in [5, 5.41) is 2.93. The van der Waals surface area contributed by atoms with Gasteiger partial charge in [0.2, 0.25) is 11.8 Å². The zero-order chi connectivity index (χ0) is 20.7. The van der Waals surface area contributed by atoms with Crippen LogP contribution >= 0.6 is 0 Å². The molecular weight excluding hydrogens is 355 g/mol. The van der Waals surface area contributed by atoms with E-state index in [1.54, 1.807) is 25.1 Å². The Labute approximate surface area is 166 Å². The third-order valence-corrected chi connectivity index (χ3v) is 4.94. The van der Waals surface area contributed by atoms with Crippen LogP contribution in [-0.4, -0.2) is 28.8 Å². The number of nitrogens with one attached hydrogen (secondary N) is 1. The van der Waals surface area contributed by atoms with E-state index in [0.717, 1.165) is 17.5 Å². The van der Waals surface area contributed by atoms with Crippen LogP contribution in [0.25, 0.3) is 0 Å². The standard InChI is InChI=1S/C23H29FN2O2/c1-5-17(3)25-23(28)18(4)26(15-19-12-10-16(2)11-13-19)22(27)14-20-8-6-7-9-21(20)24/h6-13,17-18H,5,14-15H2,1-4H3,(H,25,28). The molecule has 0 saturated heterocycles. The minimum atomic E-state index is -0.658. The van der Waals surface area contributed by atoms with Crippen LogP contribution in [0.3, 0.4) is 0 Å². The molecule has 5 heteroatoms. The van der Waals surface area contributed by atoms with Gasteiger partial charge < -0.3 is 10.2 Å². The first kappa shape index (κ1) is 21.6. The van der Waals surface area contributed by atoms with Gasteiger partial charge in [-0.2, -0.15) is 0 Å². The Morgan fingerprint density at radius 2 is 1.71 bits per heavy atom. The molecule has 4 nitrogen and oxygen atoms in total. The molecule has 2 aromatic rings. The third-order valence-electron chi connectivity index (χ3n) is 4.94. The Bertz CT molecular complexity index is 805. The Morgan fingerprint density at radius 3 is 2.32 bits per heavy atom. The molecule has 2 rings (SSSR count). The number of nitrogens with zero attached hydrogens (tertiary/aromatic N) is 1. The number of aryl methyl sites for hydroxylation is 1. The van der Waals surface area contributed by atoms with Gasteiger partial charge in [-0.1, -0.05) is 55.0 Å². The summed E-state index contributed by atoms with van der Waals surface area (Å²) in [6.45, 7) is 7.92. The SMILES string of the molecule is CCC(C)NC(=O)C(C)N(Cc1ccc(C)cc1)C(=O)Cc1ccccc1F. The average Bonchev–Trinajstić information content (AvgIpc) is 2.68. The lowest BCUT2D eigenvalue weighted by Crippen LogP contribution is -2.50. The second-order valence-electron chi connectivity index (χ2n) is 7.27. The van der Waals surface area contributed by atoms with Crippen molar-refractivity contribution >= 4 is 11.8 Å². The number of halogens is 1. The predicted molar refractivity (Wildman–Crippen MR) is 109 cm³/mol.